The van der Waals surface area contributed by atoms with Gasteiger partial charge in [0, 0.05) is 6.04 Å². The van der Waals surface area contributed by atoms with Gasteiger partial charge in [-0.25, -0.2) is 0 Å². The average Bonchev–Trinajstić information content (AvgIpc) is 2.62. The summed E-state index contributed by atoms with van der Waals surface area (Å²) in [6.45, 7) is 0.679. The molecule has 0 unspecified atom stereocenters. The summed E-state index contributed by atoms with van der Waals surface area (Å²) in [5, 5.41) is 0. The molecule has 0 spiro atoms. The molecule has 2 aromatic carbocycles. The van der Waals surface area contributed by atoms with Gasteiger partial charge in [-0.1, -0.05) is 36.4 Å². The molecule has 2 N–H and O–H groups in total. The Morgan fingerprint density at radius 1 is 0.957 bits per heavy atom. The highest BCUT2D eigenvalue weighted by molar-refractivity contribution is 5.65. The summed E-state index contributed by atoms with van der Waals surface area (Å²) < 4.78 is 11.3. The zero-order valence-electron chi connectivity index (χ0n) is 13.7. The average molecular weight is 311 g/mol. The van der Waals surface area contributed by atoms with Crippen molar-refractivity contribution >= 4 is 0 Å². The Bertz CT molecular complexity index is 616. The highest BCUT2D eigenvalue weighted by Crippen LogP contribution is 2.25. The maximum Gasteiger partial charge on any atom is 0.119 e. The standard InChI is InChI=1S/C20H25NO2/c1-22-20-4-2-3-17(13-20)16-7-5-15(6-8-16)14-23-19-11-9-18(21)10-12-19/h2-8,13,18-19H,9-12,14,21H2,1H3. The number of benzene rings is 2. The molecule has 2 aromatic rings. The number of methoxy groups -OCH3 is 1. The molecule has 3 nitrogen and oxygen atoms in total. The van der Waals surface area contributed by atoms with E-state index in [0.717, 1.165) is 37.0 Å². The fourth-order valence-electron chi connectivity index (χ4n) is 3.07. The van der Waals surface area contributed by atoms with Gasteiger partial charge in [-0.05, 0) is 54.5 Å². The van der Waals surface area contributed by atoms with E-state index in [4.69, 9.17) is 15.2 Å². The van der Waals surface area contributed by atoms with Crippen molar-refractivity contribution in [3.05, 3.63) is 54.1 Å². The lowest BCUT2D eigenvalue weighted by molar-refractivity contribution is 0.0138. The predicted molar refractivity (Wildman–Crippen MR) is 93.5 cm³/mol. The molecule has 0 radical (unpaired) electrons. The summed E-state index contributed by atoms with van der Waals surface area (Å²) in [6.07, 6.45) is 4.71. The monoisotopic (exact) mass is 311 g/mol. The summed E-state index contributed by atoms with van der Waals surface area (Å²) in [7, 11) is 1.69. The van der Waals surface area contributed by atoms with Gasteiger partial charge >= 0.3 is 0 Å². The molecule has 23 heavy (non-hydrogen) atoms. The van der Waals surface area contributed by atoms with Crippen LogP contribution in [0.2, 0.25) is 0 Å². The van der Waals surface area contributed by atoms with Crippen molar-refractivity contribution in [3.63, 3.8) is 0 Å². The zero-order chi connectivity index (χ0) is 16.1. The lowest BCUT2D eigenvalue weighted by atomic mass is 9.94. The van der Waals surface area contributed by atoms with Crippen LogP contribution in [0.3, 0.4) is 0 Å². The molecule has 0 heterocycles. The summed E-state index contributed by atoms with van der Waals surface area (Å²) in [5.74, 6) is 0.880. The summed E-state index contributed by atoms with van der Waals surface area (Å²) in [5.41, 5.74) is 9.50. The third-order valence-electron chi connectivity index (χ3n) is 4.56. The minimum Gasteiger partial charge on any atom is -0.497 e. The van der Waals surface area contributed by atoms with Crippen molar-refractivity contribution in [2.75, 3.05) is 7.11 Å². The first-order valence-corrected chi connectivity index (χ1v) is 8.35. The Balaban J connectivity index is 1.58. The molecule has 0 amide bonds. The minimum atomic E-state index is 0.368. The van der Waals surface area contributed by atoms with Gasteiger partial charge in [0.2, 0.25) is 0 Å². The molecular formula is C20H25NO2. The van der Waals surface area contributed by atoms with E-state index in [-0.39, 0.29) is 0 Å². The maximum atomic E-state index is 6.02. The summed E-state index contributed by atoms with van der Waals surface area (Å²) in [6, 6.07) is 17.1. The molecule has 3 rings (SSSR count). The van der Waals surface area contributed by atoms with Crippen LogP contribution in [0, 0.1) is 0 Å². The van der Waals surface area contributed by atoms with Gasteiger partial charge < -0.3 is 15.2 Å². The van der Waals surface area contributed by atoms with Gasteiger partial charge in [-0.2, -0.15) is 0 Å². The van der Waals surface area contributed by atoms with E-state index in [1.165, 1.54) is 11.1 Å². The van der Waals surface area contributed by atoms with Gasteiger partial charge in [-0.3, -0.25) is 0 Å². The van der Waals surface area contributed by atoms with Crippen LogP contribution in [0.1, 0.15) is 31.2 Å². The summed E-state index contributed by atoms with van der Waals surface area (Å²) in [4.78, 5) is 0. The molecule has 1 fully saturated rings. The Morgan fingerprint density at radius 2 is 1.70 bits per heavy atom. The van der Waals surface area contributed by atoms with Crippen LogP contribution in [0.15, 0.2) is 48.5 Å². The molecule has 0 aromatic heterocycles. The maximum absolute atomic E-state index is 6.02. The topological polar surface area (TPSA) is 44.5 Å². The smallest absolute Gasteiger partial charge is 0.119 e. The predicted octanol–water partition coefficient (Wildman–Crippen LogP) is 4.15. The lowest BCUT2D eigenvalue weighted by Crippen LogP contribution is -2.30. The van der Waals surface area contributed by atoms with E-state index < -0.39 is 0 Å². The zero-order valence-corrected chi connectivity index (χ0v) is 13.7. The first-order chi connectivity index (χ1) is 11.2. The van der Waals surface area contributed by atoms with Crippen LogP contribution >= 0.6 is 0 Å². The molecule has 3 heteroatoms. The van der Waals surface area contributed by atoms with Crippen LogP contribution in [-0.2, 0) is 11.3 Å². The lowest BCUT2D eigenvalue weighted by Gasteiger charge is -2.26. The largest absolute Gasteiger partial charge is 0.497 e. The molecule has 0 bridgehead atoms. The van der Waals surface area contributed by atoms with Crippen molar-refractivity contribution in [2.45, 2.75) is 44.4 Å². The normalized spacial score (nSPS) is 21.1. The fourth-order valence-corrected chi connectivity index (χ4v) is 3.07. The van der Waals surface area contributed by atoms with Crippen LogP contribution in [0.4, 0.5) is 0 Å². The Kier molecular flexibility index (Phi) is 5.31. The van der Waals surface area contributed by atoms with Gasteiger partial charge in [0.25, 0.3) is 0 Å². The third kappa shape index (κ3) is 4.34. The number of nitrogens with two attached hydrogens (primary N) is 1. The molecule has 0 saturated heterocycles. The highest BCUT2D eigenvalue weighted by atomic mass is 16.5. The second-order valence-corrected chi connectivity index (χ2v) is 6.28. The molecular weight excluding hydrogens is 286 g/mol. The number of ether oxygens (including phenoxy) is 2. The summed E-state index contributed by atoms with van der Waals surface area (Å²) >= 11 is 0. The molecule has 0 aliphatic heterocycles. The highest BCUT2D eigenvalue weighted by Gasteiger charge is 2.18. The second kappa shape index (κ2) is 7.62. The molecule has 1 aliphatic carbocycles. The van der Waals surface area contributed by atoms with Crippen molar-refractivity contribution in [3.8, 4) is 16.9 Å². The van der Waals surface area contributed by atoms with Gasteiger partial charge in [0.1, 0.15) is 5.75 Å². The molecule has 1 saturated carbocycles. The van der Waals surface area contributed by atoms with Crippen LogP contribution in [0.5, 0.6) is 5.75 Å². The van der Waals surface area contributed by atoms with Crippen LogP contribution in [0.25, 0.3) is 11.1 Å². The number of hydrogen-bond donors (Lipinski definition) is 1. The number of rotatable bonds is 5. The van der Waals surface area contributed by atoms with Crippen LogP contribution < -0.4 is 10.5 Å². The SMILES string of the molecule is COc1cccc(-c2ccc(COC3CCC(N)CC3)cc2)c1. The molecule has 0 atom stereocenters. The van der Waals surface area contributed by atoms with Crippen molar-refractivity contribution in [2.24, 2.45) is 5.73 Å². The van der Waals surface area contributed by atoms with Crippen LogP contribution in [-0.4, -0.2) is 19.3 Å². The number of hydrogen-bond acceptors (Lipinski definition) is 3. The van der Waals surface area contributed by atoms with E-state index >= 15 is 0 Å². The molecule has 122 valence electrons. The van der Waals surface area contributed by atoms with Gasteiger partial charge in [0.15, 0.2) is 0 Å². The minimum absolute atomic E-state index is 0.368. The van der Waals surface area contributed by atoms with Crippen molar-refractivity contribution < 1.29 is 9.47 Å². The van der Waals surface area contributed by atoms with Crippen molar-refractivity contribution in [1.29, 1.82) is 0 Å². The Hall–Kier alpha value is -1.84. The van der Waals surface area contributed by atoms with E-state index in [1.807, 2.05) is 12.1 Å². The Labute approximate surface area is 138 Å². The van der Waals surface area contributed by atoms with Crippen molar-refractivity contribution in [1.82, 2.24) is 0 Å². The van der Waals surface area contributed by atoms with E-state index in [1.54, 1.807) is 7.11 Å². The quantitative estimate of drug-likeness (QED) is 0.902. The van der Waals surface area contributed by atoms with E-state index in [9.17, 15) is 0 Å². The molecule has 1 aliphatic rings. The van der Waals surface area contributed by atoms with E-state index in [0.29, 0.717) is 18.8 Å². The van der Waals surface area contributed by atoms with E-state index in [2.05, 4.69) is 36.4 Å². The van der Waals surface area contributed by atoms with Gasteiger partial charge in [0.05, 0.1) is 19.8 Å². The second-order valence-electron chi connectivity index (χ2n) is 6.28. The third-order valence-corrected chi connectivity index (χ3v) is 4.56. The fraction of sp³-hybridized carbons (Fsp3) is 0.400. The first-order valence-electron chi connectivity index (χ1n) is 8.35. The van der Waals surface area contributed by atoms with Gasteiger partial charge in [-0.15, -0.1) is 0 Å². The Morgan fingerprint density at radius 3 is 2.39 bits per heavy atom. The first kappa shape index (κ1) is 16.0.